The van der Waals surface area contributed by atoms with Gasteiger partial charge in [0.05, 0.1) is 27.1 Å². The van der Waals surface area contributed by atoms with Gasteiger partial charge in [-0.1, -0.05) is 41.6 Å². The van der Waals surface area contributed by atoms with Gasteiger partial charge in [-0.2, -0.15) is 4.68 Å². The lowest BCUT2D eigenvalue weighted by Gasteiger charge is -2.08. The minimum absolute atomic E-state index is 0.0412. The van der Waals surface area contributed by atoms with Crippen LogP contribution in [0.3, 0.4) is 0 Å². The van der Waals surface area contributed by atoms with Crippen LogP contribution in [0.15, 0.2) is 47.6 Å². The number of nitro groups is 1. The lowest BCUT2D eigenvalue weighted by atomic mass is 10.2. The van der Waals surface area contributed by atoms with Gasteiger partial charge in [-0.3, -0.25) is 14.9 Å². The minimum atomic E-state index is -0.557. The molecule has 0 saturated heterocycles. The van der Waals surface area contributed by atoms with Crippen molar-refractivity contribution in [2.75, 3.05) is 11.1 Å². The third-order valence-corrected chi connectivity index (χ3v) is 4.79. The molecule has 138 valence electrons. The Kier molecular flexibility index (Phi) is 5.67. The second-order valence-electron chi connectivity index (χ2n) is 5.42. The first-order valence-corrected chi connectivity index (χ1v) is 9.03. The number of rotatable bonds is 6. The molecule has 2 aromatic carbocycles. The molecule has 1 heterocycles. The highest BCUT2D eigenvalue weighted by atomic mass is 35.5. The number of hydrogen-bond acceptors (Lipinski definition) is 7. The molecule has 0 bridgehead atoms. The summed E-state index contributed by atoms with van der Waals surface area (Å²) >= 11 is 7.14. The van der Waals surface area contributed by atoms with Crippen molar-refractivity contribution in [2.45, 2.75) is 12.1 Å². The van der Waals surface area contributed by atoms with Crippen molar-refractivity contribution in [1.82, 2.24) is 20.2 Å². The minimum Gasteiger partial charge on any atom is -0.324 e. The number of aryl methyl sites for hydroxylation is 1. The number of aromatic nitrogens is 4. The molecule has 0 fully saturated rings. The number of nitrogens with one attached hydrogen (secondary N) is 1. The number of amides is 1. The Morgan fingerprint density at radius 1 is 1.33 bits per heavy atom. The second-order valence-corrected chi connectivity index (χ2v) is 6.77. The summed E-state index contributed by atoms with van der Waals surface area (Å²) in [7, 11) is 0. The van der Waals surface area contributed by atoms with Gasteiger partial charge in [0.15, 0.2) is 0 Å². The number of nitrogens with zero attached hydrogens (tertiary/aromatic N) is 5. The molecule has 0 aliphatic rings. The number of carbonyl (C=O) groups is 1. The fourth-order valence-corrected chi connectivity index (χ4v) is 3.16. The third kappa shape index (κ3) is 4.41. The van der Waals surface area contributed by atoms with E-state index in [0.29, 0.717) is 10.8 Å². The number of benzene rings is 2. The van der Waals surface area contributed by atoms with Crippen LogP contribution in [-0.2, 0) is 4.79 Å². The van der Waals surface area contributed by atoms with Crippen molar-refractivity contribution in [3.63, 3.8) is 0 Å². The van der Waals surface area contributed by atoms with Crippen molar-refractivity contribution >= 4 is 40.6 Å². The lowest BCUT2D eigenvalue weighted by molar-refractivity contribution is -0.384. The first-order valence-electron chi connectivity index (χ1n) is 7.66. The van der Waals surface area contributed by atoms with Crippen LogP contribution in [0, 0.1) is 17.0 Å². The Labute approximate surface area is 162 Å². The number of anilines is 1. The summed E-state index contributed by atoms with van der Waals surface area (Å²) < 4.78 is 1.56. The zero-order chi connectivity index (χ0) is 19.4. The number of para-hydroxylation sites is 1. The largest absolute Gasteiger partial charge is 0.324 e. The van der Waals surface area contributed by atoms with E-state index in [0.717, 1.165) is 23.0 Å². The van der Waals surface area contributed by atoms with E-state index in [1.54, 1.807) is 4.68 Å². The first kappa shape index (κ1) is 18.8. The van der Waals surface area contributed by atoms with E-state index in [2.05, 4.69) is 20.8 Å². The highest BCUT2D eigenvalue weighted by Gasteiger charge is 2.15. The van der Waals surface area contributed by atoms with Gasteiger partial charge >= 0.3 is 0 Å². The molecule has 0 radical (unpaired) electrons. The first-order chi connectivity index (χ1) is 13.0. The second kappa shape index (κ2) is 8.14. The maximum absolute atomic E-state index is 12.2. The molecule has 0 atom stereocenters. The van der Waals surface area contributed by atoms with E-state index in [-0.39, 0.29) is 22.4 Å². The van der Waals surface area contributed by atoms with Crippen LogP contribution in [0.5, 0.6) is 0 Å². The molecular weight excluding hydrogens is 392 g/mol. The summed E-state index contributed by atoms with van der Waals surface area (Å²) in [6, 6.07) is 11.5. The number of nitro benzene ring substituents is 1. The molecule has 0 aliphatic carbocycles. The number of non-ortho nitro benzene ring substituents is 1. The smallest absolute Gasteiger partial charge is 0.271 e. The van der Waals surface area contributed by atoms with Crippen molar-refractivity contribution in [3.05, 3.63) is 63.2 Å². The molecule has 1 aromatic heterocycles. The van der Waals surface area contributed by atoms with E-state index < -0.39 is 4.92 Å². The fraction of sp³-hybridized carbons (Fsp3) is 0.125. The molecule has 1 N–H and O–H groups in total. The zero-order valence-electron chi connectivity index (χ0n) is 14.0. The molecule has 11 heteroatoms. The number of halogens is 1. The molecule has 1 amide bonds. The molecule has 27 heavy (non-hydrogen) atoms. The van der Waals surface area contributed by atoms with Crippen LogP contribution < -0.4 is 5.32 Å². The van der Waals surface area contributed by atoms with Gasteiger partial charge in [0.2, 0.25) is 11.1 Å². The van der Waals surface area contributed by atoms with Gasteiger partial charge in [0.25, 0.3) is 5.69 Å². The van der Waals surface area contributed by atoms with Crippen LogP contribution in [0.4, 0.5) is 11.4 Å². The Bertz CT molecular complexity index is 1010. The summed E-state index contributed by atoms with van der Waals surface area (Å²) in [6.45, 7) is 1.94. The van der Waals surface area contributed by atoms with Crippen LogP contribution in [0.1, 0.15) is 5.56 Å². The van der Waals surface area contributed by atoms with Crippen LogP contribution in [-0.4, -0.2) is 36.8 Å². The maximum Gasteiger partial charge on any atom is 0.271 e. The normalized spacial score (nSPS) is 10.6. The summed E-state index contributed by atoms with van der Waals surface area (Å²) in [5, 5.41) is 25.5. The molecule has 0 aliphatic heterocycles. The Morgan fingerprint density at radius 3 is 2.81 bits per heavy atom. The van der Waals surface area contributed by atoms with Crippen LogP contribution in [0.25, 0.3) is 5.69 Å². The van der Waals surface area contributed by atoms with Crippen LogP contribution in [0.2, 0.25) is 5.02 Å². The highest BCUT2D eigenvalue weighted by molar-refractivity contribution is 7.99. The van der Waals surface area contributed by atoms with E-state index in [4.69, 9.17) is 11.6 Å². The van der Waals surface area contributed by atoms with Gasteiger partial charge in [0, 0.05) is 12.1 Å². The van der Waals surface area contributed by atoms with Gasteiger partial charge in [0.1, 0.15) is 0 Å². The fourth-order valence-electron chi connectivity index (χ4n) is 2.26. The number of tetrazole rings is 1. The average Bonchev–Trinajstić information content (AvgIpc) is 3.10. The van der Waals surface area contributed by atoms with Gasteiger partial charge in [-0.25, -0.2) is 0 Å². The SMILES string of the molecule is Cc1ccccc1-n1nnnc1SCC(=O)Nc1ccc([N+](=O)[O-])cc1Cl. The summed E-state index contributed by atoms with van der Waals surface area (Å²) in [6.07, 6.45) is 0. The zero-order valence-corrected chi connectivity index (χ0v) is 15.6. The number of thioether (sulfide) groups is 1. The van der Waals surface area contributed by atoms with Gasteiger partial charge < -0.3 is 5.32 Å². The average molecular weight is 405 g/mol. The summed E-state index contributed by atoms with van der Waals surface area (Å²) in [5.41, 5.74) is 1.97. The summed E-state index contributed by atoms with van der Waals surface area (Å²) in [4.78, 5) is 22.4. The summed E-state index contributed by atoms with van der Waals surface area (Å²) in [5.74, 6) is -0.297. The number of hydrogen-bond donors (Lipinski definition) is 1. The predicted octanol–water partition coefficient (Wildman–Crippen LogP) is 3.26. The van der Waals surface area contributed by atoms with Crippen molar-refractivity contribution in [2.24, 2.45) is 0 Å². The Morgan fingerprint density at radius 2 is 2.11 bits per heavy atom. The maximum atomic E-state index is 12.2. The quantitative estimate of drug-likeness (QED) is 0.380. The molecule has 0 spiro atoms. The van der Waals surface area contributed by atoms with E-state index in [1.165, 1.54) is 18.2 Å². The highest BCUT2D eigenvalue weighted by Crippen LogP contribution is 2.27. The van der Waals surface area contributed by atoms with E-state index in [1.807, 2.05) is 31.2 Å². The molecule has 3 aromatic rings. The molecule has 0 unspecified atom stereocenters. The number of carbonyl (C=O) groups excluding carboxylic acids is 1. The Hall–Kier alpha value is -2.98. The van der Waals surface area contributed by atoms with Gasteiger partial charge in [-0.15, -0.1) is 5.10 Å². The molecule has 0 saturated carbocycles. The van der Waals surface area contributed by atoms with E-state index in [9.17, 15) is 14.9 Å². The van der Waals surface area contributed by atoms with E-state index >= 15 is 0 Å². The van der Waals surface area contributed by atoms with Gasteiger partial charge in [-0.05, 0) is 35.0 Å². The predicted molar refractivity (Wildman–Crippen MR) is 101 cm³/mol. The topological polar surface area (TPSA) is 116 Å². The standard InChI is InChI=1S/C16H13ClN6O3S/c1-10-4-2-3-5-14(10)22-16(19-20-21-22)27-9-15(24)18-13-7-6-11(23(25)26)8-12(13)17/h2-8H,9H2,1H3,(H,18,24). The lowest BCUT2D eigenvalue weighted by Crippen LogP contribution is -2.15. The molecule has 9 nitrogen and oxygen atoms in total. The monoisotopic (exact) mass is 404 g/mol. The molecular formula is C16H13ClN6O3S. The van der Waals surface area contributed by atoms with Crippen molar-refractivity contribution in [1.29, 1.82) is 0 Å². The van der Waals surface area contributed by atoms with Crippen molar-refractivity contribution < 1.29 is 9.72 Å². The van der Waals surface area contributed by atoms with Crippen LogP contribution >= 0.6 is 23.4 Å². The molecule has 3 rings (SSSR count). The van der Waals surface area contributed by atoms with Crippen molar-refractivity contribution in [3.8, 4) is 5.69 Å². The third-order valence-electron chi connectivity index (χ3n) is 3.55. The Balaban J connectivity index is 1.67.